The number of rotatable bonds is 4. The second-order valence-corrected chi connectivity index (χ2v) is 8.89. The van der Waals surface area contributed by atoms with Crippen LogP contribution in [0, 0.1) is 0 Å². The fourth-order valence-electron chi connectivity index (χ4n) is 4.65. The normalized spacial score (nSPS) is 20.7. The predicted octanol–water partition coefficient (Wildman–Crippen LogP) is 2.66. The van der Waals surface area contributed by atoms with E-state index in [1.807, 2.05) is 54.6 Å². The van der Waals surface area contributed by atoms with Crippen molar-refractivity contribution in [3.63, 3.8) is 0 Å². The Bertz CT molecular complexity index is 1270. The topological polar surface area (TPSA) is 93.2 Å². The second-order valence-electron chi connectivity index (χ2n) is 8.89. The maximum absolute atomic E-state index is 13.3. The number of carbonyl (C=O) groups is 3. The first-order chi connectivity index (χ1) is 16.3. The highest BCUT2D eigenvalue weighted by atomic mass is 16.3. The van der Waals surface area contributed by atoms with Gasteiger partial charge in [-0.1, -0.05) is 36.4 Å². The molecule has 0 saturated carbocycles. The molecule has 2 heterocycles. The van der Waals surface area contributed by atoms with Crippen LogP contribution in [0.15, 0.2) is 66.7 Å². The molecule has 2 saturated heterocycles. The van der Waals surface area contributed by atoms with Crippen LogP contribution in [0.4, 0.5) is 10.5 Å². The summed E-state index contributed by atoms with van der Waals surface area (Å²) in [6, 6.07) is 19.9. The number of nitrogens with one attached hydrogen (secondary N) is 1. The fourth-order valence-corrected chi connectivity index (χ4v) is 4.65. The molecule has 5 rings (SSSR count). The van der Waals surface area contributed by atoms with E-state index in [0.717, 1.165) is 21.4 Å². The lowest BCUT2D eigenvalue weighted by atomic mass is 9.90. The van der Waals surface area contributed by atoms with Crippen LogP contribution < -0.4 is 10.2 Å². The Morgan fingerprint density at radius 2 is 1.62 bits per heavy atom. The van der Waals surface area contributed by atoms with Crippen molar-refractivity contribution in [2.45, 2.75) is 12.5 Å². The number of amides is 4. The van der Waals surface area contributed by atoms with E-state index >= 15 is 0 Å². The number of urea groups is 1. The number of piperazine rings is 1. The van der Waals surface area contributed by atoms with Crippen molar-refractivity contribution in [2.24, 2.45) is 0 Å². The van der Waals surface area contributed by atoms with Crippen molar-refractivity contribution in [1.29, 1.82) is 0 Å². The average Bonchev–Trinajstić information content (AvgIpc) is 3.08. The number of nitrogens with zero attached hydrogens (tertiary/aromatic N) is 3. The highest BCUT2D eigenvalue weighted by Gasteiger charge is 2.49. The van der Waals surface area contributed by atoms with Gasteiger partial charge in [-0.2, -0.15) is 0 Å². The molecule has 2 aliphatic rings. The lowest BCUT2D eigenvalue weighted by Crippen LogP contribution is -2.52. The average molecular weight is 459 g/mol. The predicted molar refractivity (Wildman–Crippen MR) is 128 cm³/mol. The van der Waals surface area contributed by atoms with Gasteiger partial charge < -0.3 is 20.2 Å². The van der Waals surface area contributed by atoms with Crippen LogP contribution in [-0.4, -0.2) is 65.5 Å². The van der Waals surface area contributed by atoms with E-state index in [2.05, 4.69) is 10.2 Å². The Hall–Kier alpha value is -4.07. The zero-order chi connectivity index (χ0) is 23.9. The first-order valence-corrected chi connectivity index (χ1v) is 11.3. The van der Waals surface area contributed by atoms with Gasteiger partial charge in [0.25, 0.3) is 5.91 Å². The quantitative estimate of drug-likeness (QED) is 0.587. The van der Waals surface area contributed by atoms with Crippen molar-refractivity contribution in [1.82, 2.24) is 15.1 Å². The van der Waals surface area contributed by atoms with E-state index in [9.17, 15) is 19.5 Å². The molecule has 2 aliphatic heterocycles. The smallest absolute Gasteiger partial charge is 0.325 e. The second kappa shape index (κ2) is 8.37. The van der Waals surface area contributed by atoms with Gasteiger partial charge in [0.15, 0.2) is 0 Å². The molecule has 174 valence electrons. The first kappa shape index (κ1) is 21.8. The molecule has 8 nitrogen and oxygen atoms in total. The van der Waals surface area contributed by atoms with Gasteiger partial charge in [-0.25, -0.2) is 4.79 Å². The number of fused-ring (bicyclic) bond motifs is 1. The minimum Gasteiger partial charge on any atom is -0.508 e. The zero-order valence-corrected chi connectivity index (χ0v) is 18.9. The van der Waals surface area contributed by atoms with Gasteiger partial charge in [-0.3, -0.25) is 14.5 Å². The number of benzene rings is 3. The van der Waals surface area contributed by atoms with Crippen LogP contribution in [0.5, 0.6) is 5.75 Å². The summed E-state index contributed by atoms with van der Waals surface area (Å²) in [6.07, 6.45) is 0. The minimum atomic E-state index is -1.22. The SMILES string of the molecule is CC1(c2ccc3ccccc3c2)NC(=O)N(CC(=O)N2CCN(c3ccc(O)cc3)CC2)C1=O. The Balaban J connectivity index is 1.25. The Morgan fingerprint density at radius 3 is 2.32 bits per heavy atom. The highest BCUT2D eigenvalue weighted by Crippen LogP contribution is 2.31. The summed E-state index contributed by atoms with van der Waals surface area (Å²) in [5.41, 5.74) is 0.436. The van der Waals surface area contributed by atoms with E-state index < -0.39 is 17.5 Å². The molecule has 0 bridgehead atoms. The van der Waals surface area contributed by atoms with Gasteiger partial charge in [0.2, 0.25) is 5.91 Å². The van der Waals surface area contributed by atoms with Crippen molar-refractivity contribution in [2.75, 3.05) is 37.6 Å². The standard InChI is InChI=1S/C26H26N4O4/c1-26(20-7-6-18-4-2-3-5-19(18)16-20)24(33)30(25(34)27-26)17-23(32)29-14-12-28(13-15-29)21-8-10-22(31)11-9-21/h2-11,16,31H,12-15,17H2,1H3,(H,27,34). The van der Waals surface area contributed by atoms with E-state index in [0.29, 0.717) is 31.7 Å². The van der Waals surface area contributed by atoms with Crippen LogP contribution in [0.1, 0.15) is 12.5 Å². The maximum Gasteiger partial charge on any atom is 0.325 e. The van der Waals surface area contributed by atoms with Gasteiger partial charge in [0.1, 0.15) is 17.8 Å². The lowest BCUT2D eigenvalue weighted by Gasteiger charge is -2.36. The molecule has 4 amide bonds. The molecule has 2 fully saturated rings. The summed E-state index contributed by atoms with van der Waals surface area (Å²) in [6.45, 7) is 3.64. The number of phenolic OH excluding ortho intramolecular Hbond substituents is 1. The molecule has 0 spiro atoms. The van der Waals surface area contributed by atoms with Crippen molar-refractivity contribution in [3.05, 3.63) is 72.3 Å². The number of anilines is 1. The van der Waals surface area contributed by atoms with Crippen LogP contribution >= 0.6 is 0 Å². The Kier molecular flexibility index (Phi) is 5.36. The summed E-state index contributed by atoms with van der Waals surface area (Å²) in [5.74, 6) is -0.470. The molecule has 2 N–H and O–H groups in total. The molecule has 1 atom stereocenters. The number of phenols is 1. The van der Waals surface area contributed by atoms with Gasteiger partial charge in [-0.05, 0) is 53.6 Å². The third kappa shape index (κ3) is 3.81. The van der Waals surface area contributed by atoms with E-state index in [1.54, 1.807) is 24.0 Å². The number of aromatic hydroxyl groups is 1. The molecular formula is C26H26N4O4. The molecular weight excluding hydrogens is 432 g/mol. The Morgan fingerprint density at radius 1 is 0.941 bits per heavy atom. The molecule has 0 aromatic heterocycles. The van der Waals surface area contributed by atoms with Gasteiger partial charge in [0, 0.05) is 31.9 Å². The highest BCUT2D eigenvalue weighted by molar-refractivity contribution is 6.09. The van der Waals surface area contributed by atoms with Crippen LogP contribution in [0.2, 0.25) is 0 Å². The van der Waals surface area contributed by atoms with Crippen molar-refractivity contribution < 1.29 is 19.5 Å². The van der Waals surface area contributed by atoms with Gasteiger partial charge in [-0.15, -0.1) is 0 Å². The van der Waals surface area contributed by atoms with E-state index in [4.69, 9.17) is 0 Å². The minimum absolute atomic E-state index is 0.210. The summed E-state index contributed by atoms with van der Waals surface area (Å²) in [4.78, 5) is 43.8. The number of carbonyl (C=O) groups excluding carboxylic acids is 3. The summed E-state index contributed by atoms with van der Waals surface area (Å²) >= 11 is 0. The molecule has 3 aromatic rings. The largest absolute Gasteiger partial charge is 0.508 e. The van der Waals surface area contributed by atoms with Crippen LogP contribution in [0.25, 0.3) is 10.8 Å². The molecule has 3 aromatic carbocycles. The third-order valence-corrected chi connectivity index (χ3v) is 6.74. The summed E-state index contributed by atoms with van der Waals surface area (Å²) in [5, 5.41) is 14.3. The van der Waals surface area contributed by atoms with Gasteiger partial charge >= 0.3 is 6.03 Å². The maximum atomic E-state index is 13.3. The van der Waals surface area contributed by atoms with E-state index in [-0.39, 0.29) is 18.2 Å². The van der Waals surface area contributed by atoms with Crippen molar-refractivity contribution >= 4 is 34.3 Å². The zero-order valence-electron chi connectivity index (χ0n) is 18.9. The number of imide groups is 1. The first-order valence-electron chi connectivity index (χ1n) is 11.3. The van der Waals surface area contributed by atoms with E-state index in [1.165, 1.54) is 0 Å². The lowest BCUT2D eigenvalue weighted by molar-refractivity contribution is -0.139. The number of hydrogen-bond donors (Lipinski definition) is 2. The summed E-state index contributed by atoms with van der Waals surface area (Å²) in [7, 11) is 0. The molecule has 0 radical (unpaired) electrons. The summed E-state index contributed by atoms with van der Waals surface area (Å²) < 4.78 is 0. The van der Waals surface area contributed by atoms with Crippen LogP contribution in [-0.2, 0) is 15.1 Å². The third-order valence-electron chi connectivity index (χ3n) is 6.74. The van der Waals surface area contributed by atoms with Gasteiger partial charge in [0.05, 0.1) is 0 Å². The number of hydrogen-bond acceptors (Lipinski definition) is 5. The van der Waals surface area contributed by atoms with Crippen molar-refractivity contribution in [3.8, 4) is 5.75 Å². The fraction of sp³-hybridized carbons (Fsp3) is 0.269. The monoisotopic (exact) mass is 458 g/mol. The molecule has 34 heavy (non-hydrogen) atoms. The molecule has 8 heteroatoms. The molecule has 0 aliphatic carbocycles. The Labute approximate surface area is 197 Å². The van der Waals surface area contributed by atoms with Crippen LogP contribution in [0.3, 0.4) is 0 Å². The molecule has 1 unspecified atom stereocenters.